The minimum Gasteiger partial charge on any atom is -0.481 e. The van der Waals surface area contributed by atoms with Gasteiger partial charge in [-0.2, -0.15) is 0 Å². The molecule has 1 fully saturated rings. The highest BCUT2D eigenvalue weighted by atomic mass is 16.4. The van der Waals surface area contributed by atoms with Crippen molar-refractivity contribution in [2.75, 3.05) is 0 Å². The second-order valence-corrected chi connectivity index (χ2v) is 5.09. The molecule has 0 radical (unpaired) electrons. The van der Waals surface area contributed by atoms with E-state index < -0.39 is 5.97 Å². The lowest BCUT2D eigenvalue weighted by Gasteiger charge is -2.25. The number of aliphatic carboxylic acids is 1. The van der Waals surface area contributed by atoms with E-state index in [9.17, 15) is 4.79 Å². The second-order valence-electron chi connectivity index (χ2n) is 5.09. The van der Waals surface area contributed by atoms with Gasteiger partial charge in [0, 0.05) is 0 Å². The third-order valence-corrected chi connectivity index (χ3v) is 2.95. The van der Waals surface area contributed by atoms with Crippen molar-refractivity contribution < 1.29 is 9.90 Å². The topological polar surface area (TPSA) is 37.3 Å². The SMILES string of the molecule is CC(C)(CC(=O)O)CC1CCCC1. The van der Waals surface area contributed by atoms with Gasteiger partial charge in [0.1, 0.15) is 0 Å². The van der Waals surface area contributed by atoms with Crippen LogP contribution >= 0.6 is 0 Å². The summed E-state index contributed by atoms with van der Waals surface area (Å²) < 4.78 is 0. The molecule has 1 rings (SSSR count). The molecule has 0 spiro atoms. The maximum Gasteiger partial charge on any atom is 0.303 e. The van der Waals surface area contributed by atoms with Gasteiger partial charge in [0.05, 0.1) is 6.42 Å². The van der Waals surface area contributed by atoms with Crippen LogP contribution in [0.1, 0.15) is 52.4 Å². The lowest BCUT2D eigenvalue weighted by atomic mass is 9.79. The maximum atomic E-state index is 10.6. The minimum atomic E-state index is -0.664. The molecule has 1 aliphatic rings. The minimum absolute atomic E-state index is 0.0131. The van der Waals surface area contributed by atoms with Crippen molar-refractivity contribution in [3.63, 3.8) is 0 Å². The molecule has 76 valence electrons. The van der Waals surface area contributed by atoms with E-state index in [1.807, 2.05) is 0 Å². The smallest absolute Gasteiger partial charge is 0.303 e. The number of carbonyl (C=O) groups is 1. The van der Waals surface area contributed by atoms with E-state index in [4.69, 9.17) is 5.11 Å². The van der Waals surface area contributed by atoms with Gasteiger partial charge in [-0.3, -0.25) is 4.79 Å². The molecule has 1 aliphatic carbocycles. The first kappa shape index (κ1) is 10.6. The van der Waals surface area contributed by atoms with E-state index in [2.05, 4.69) is 13.8 Å². The largest absolute Gasteiger partial charge is 0.481 e. The standard InChI is InChI=1S/C11H20O2/c1-11(2,8-10(12)13)7-9-5-3-4-6-9/h9H,3-8H2,1-2H3,(H,12,13). The average molecular weight is 184 g/mol. The molecule has 0 aliphatic heterocycles. The molecular weight excluding hydrogens is 164 g/mol. The molecule has 0 bridgehead atoms. The molecular formula is C11H20O2. The summed E-state index contributed by atoms with van der Waals surface area (Å²) in [5, 5.41) is 8.72. The number of carboxylic acid groups (broad SMARTS) is 1. The predicted octanol–water partition coefficient (Wildman–Crippen LogP) is 3.07. The number of hydrogen-bond acceptors (Lipinski definition) is 1. The van der Waals surface area contributed by atoms with Gasteiger partial charge in [-0.25, -0.2) is 0 Å². The summed E-state index contributed by atoms with van der Waals surface area (Å²) in [6.07, 6.45) is 6.69. The highest BCUT2D eigenvalue weighted by Gasteiger charge is 2.27. The van der Waals surface area contributed by atoms with Crippen molar-refractivity contribution in [1.29, 1.82) is 0 Å². The highest BCUT2D eigenvalue weighted by Crippen LogP contribution is 2.37. The van der Waals surface area contributed by atoms with Gasteiger partial charge in [-0.15, -0.1) is 0 Å². The van der Waals surface area contributed by atoms with Gasteiger partial charge >= 0.3 is 5.97 Å². The highest BCUT2D eigenvalue weighted by molar-refractivity contribution is 5.67. The number of rotatable bonds is 4. The van der Waals surface area contributed by atoms with E-state index in [0.717, 1.165) is 12.3 Å². The van der Waals surface area contributed by atoms with Gasteiger partial charge < -0.3 is 5.11 Å². The van der Waals surface area contributed by atoms with Gasteiger partial charge in [-0.1, -0.05) is 39.5 Å². The summed E-state index contributed by atoms with van der Waals surface area (Å²) in [6.45, 7) is 4.14. The Labute approximate surface area is 80.3 Å². The van der Waals surface area contributed by atoms with Crippen LogP contribution in [0.15, 0.2) is 0 Å². The van der Waals surface area contributed by atoms with Gasteiger partial charge in [0.15, 0.2) is 0 Å². The van der Waals surface area contributed by atoms with E-state index >= 15 is 0 Å². The van der Waals surface area contributed by atoms with Crippen LogP contribution in [0.5, 0.6) is 0 Å². The zero-order valence-corrected chi connectivity index (χ0v) is 8.68. The van der Waals surface area contributed by atoms with E-state index in [-0.39, 0.29) is 5.41 Å². The van der Waals surface area contributed by atoms with Crippen molar-refractivity contribution in [1.82, 2.24) is 0 Å². The third kappa shape index (κ3) is 3.79. The first-order valence-electron chi connectivity index (χ1n) is 5.21. The molecule has 0 heterocycles. The van der Waals surface area contributed by atoms with Crippen molar-refractivity contribution in [2.45, 2.75) is 52.4 Å². The molecule has 0 aromatic rings. The zero-order valence-electron chi connectivity index (χ0n) is 8.68. The average Bonchev–Trinajstić information content (AvgIpc) is 2.34. The second kappa shape index (κ2) is 4.12. The molecule has 0 aromatic carbocycles. The van der Waals surface area contributed by atoms with Crippen molar-refractivity contribution in [3.8, 4) is 0 Å². The fourth-order valence-corrected chi connectivity index (χ4v) is 2.48. The Kier molecular flexibility index (Phi) is 3.34. The molecule has 1 saturated carbocycles. The number of carboxylic acids is 1. The summed E-state index contributed by atoms with van der Waals surface area (Å²) in [5.74, 6) is 0.123. The lowest BCUT2D eigenvalue weighted by molar-refractivity contribution is -0.139. The van der Waals surface area contributed by atoms with Gasteiger partial charge in [0.2, 0.25) is 0 Å². The Balaban J connectivity index is 2.35. The normalized spacial score (nSPS) is 19.2. The molecule has 0 saturated heterocycles. The Morgan fingerprint density at radius 2 is 1.92 bits per heavy atom. The summed E-state index contributed by atoms with van der Waals surface area (Å²) in [7, 11) is 0. The van der Waals surface area contributed by atoms with Crippen LogP contribution in [-0.4, -0.2) is 11.1 Å². The van der Waals surface area contributed by atoms with Crippen LogP contribution in [0, 0.1) is 11.3 Å². The summed E-state index contributed by atoms with van der Waals surface area (Å²) in [5.41, 5.74) is -0.0131. The van der Waals surface area contributed by atoms with Crippen molar-refractivity contribution >= 4 is 5.97 Å². The van der Waals surface area contributed by atoms with Crippen LogP contribution in [0.2, 0.25) is 0 Å². The van der Waals surface area contributed by atoms with Crippen LogP contribution in [0.25, 0.3) is 0 Å². The Bertz CT molecular complexity index is 179. The Hall–Kier alpha value is -0.530. The fraction of sp³-hybridized carbons (Fsp3) is 0.909. The molecule has 1 N–H and O–H groups in total. The van der Waals surface area contributed by atoms with Crippen molar-refractivity contribution in [3.05, 3.63) is 0 Å². The van der Waals surface area contributed by atoms with Crippen LogP contribution in [-0.2, 0) is 4.79 Å². The monoisotopic (exact) mass is 184 g/mol. The van der Waals surface area contributed by atoms with E-state index in [0.29, 0.717) is 6.42 Å². The Morgan fingerprint density at radius 3 is 2.38 bits per heavy atom. The zero-order chi connectivity index (χ0) is 9.90. The third-order valence-electron chi connectivity index (χ3n) is 2.95. The molecule has 0 atom stereocenters. The fourth-order valence-electron chi connectivity index (χ4n) is 2.48. The predicted molar refractivity (Wildman–Crippen MR) is 52.6 cm³/mol. The lowest BCUT2D eigenvalue weighted by Crippen LogP contribution is -2.19. The summed E-state index contributed by atoms with van der Waals surface area (Å²) >= 11 is 0. The molecule has 0 unspecified atom stereocenters. The van der Waals surface area contributed by atoms with Crippen LogP contribution < -0.4 is 0 Å². The first-order valence-corrected chi connectivity index (χ1v) is 5.21. The van der Waals surface area contributed by atoms with E-state index in [1.54, 1.807) is 0 Å². The molecule has 2 nitrogen and oxygen atoms in total. The Morgan fingerprint density at radius 1 is 1.38 bits per heavy atom. The summed E-state index contributed by atoms with van der Waals surface area (Å²) in [4.78, 5) is 10.6. The molecule has 0 aromatic heterocycles. The first-order chi connectivity index (χ1) is 5.99. The number of hydrogen-bond donors (Lipinski definition) is 1. The molecule has 13 heavy (non-hydrogen) atoms. The van der Waals surface area contributed by atoms with Gasteiger partial charge in [0.25, 0.3) is 0 Å². The quantitative estimate of drug-likeness (QED) is 0.729. The maximum absolute atomic E-state index is 10.6. The van der Waals surface area contributed by atoms with Gasteiger partial charge in [-0.05, 0) is 17.8 Å². The van der Waals surface area contributed by atoms with Crippen LogP contribution in [0.4, 0.5) is 0 Å². The molecule has 2 heteroatoms. The van der Waals surface area contributed by atoms with Crippen molar-refractivity contribution in [2.24, 2.45) is 11.3 Å². The van der Waals surface area contributed by atoms with Crippen LogP contribution in [0.3, 0.4) is 0 Å². The summed E-state index contributed by atoms with van der Waals surface area (Å²) in [6, 6.07) is 0. The van der Waals surface area contributed by atoms with E-state index in [1.165, 1.54) is 25.7 Å². The molecule has 0 amide bonds.